The van der Waals surface area contributed by atoms with Crippen molar-refractivity contribution in [2.75, 3.05) is 19.6 Å². The zero-order chi connectivity index (χ0) is 26.7. The number of nitrogens with zero attached hydrogens (tertiary/aromatic N) is 2. The minimum absolute atomic E-state index is 0.206. The maximum absolute atomic E-state index is 11.4. The Labute approximate surface area is 188 Å². The summed E-state index contributed by atoms with van der Waals surface area (Å²) in [5, 5.41) is 14.2. The number of aromatic nitrogens is 1. The first kappa shape index (κ1) is 30.6. The molecule has 0 aromatic carbocycles. The maximum atomic E-state index is 11.4. The van der Waals surface area contributed by atoms with Gasteiger partial charge < -0.3 is 21.7 Å². The molecule has 2 rings (SSSR count). The number of likely N-dealkylation sites (tertiary alicyclic amines) is 1. The summed E-state index contributed by atoms with van der Waals surface area (Å²) in [6, 6.07) is 3.89. The Morgan fingerprint density at radius 3 is 1.74 bits per heavy atom. The molecule has 6 N–H and O–H groups in total. The first-order chi connectivity index (χ1) is 15.4. The standard InChI is InChI=1S/C14H20N4O2.2C2HF3O2/c15-12(19)8-14(7-11-1-4-17-5-2-11)3-6-18(10-14)9-13(16)20;2*3-2(4,5)1(6)7/h1-2,4-5H,3,6-10H2,(H2,15,19)(H2,16,20);2*(H,6,7). The Hall–Kier alpha value is -3.43. The van der Waals surface area contributed by atoms with Gasteiger partial charge in [-0.05, 0) is 42.5 Å². The van der Waals surface area contributed by atoms with Gasteiger partial charge in [0.1, 0.15) is 0 Å². The molecule has 1 aromatic rings. The van der Waals surface area contributed by atoms with E-state index in [1.807, 2.05) is 17.0 Å². The number of nitrogens with two attached hydrogens (primary N) is 2. The smallest absolute Gasteiger partial charge is 0.475 e. The Morgan fingerprint density at radius 2 is 1.38 bits per heavy atom. The van der Waals surface area contributed by atoms with Gasteiger partial charge in [-0.3, -0.25) is 19.5 Å². The minimum Gasteiger partial charge on any atom is -0.475 e. The number of carboxylic acid groups (broad SMARTS) is 2. The van der Waals surface area contributed by atoms with Gasteiger partial charge in [0.15, 0.2) is 0 Å². The third-order valence-corrected chi connectivity index (χ3v) is 4.26. The van der Waals surface area contributed by atoms with Crippen LogP contribution in [0.25, 0.3) is 0 Å². The van der Waals surface area contributed by atoms with Crippen molar-refractivity contribution in [3.63, 3.8) is 0 Å². The summed E-state index contributed by atoms with van der Waals surface area (Å²) in [6.07, 6.45) is -4.77. The topological polar surface area (TPSA) is 177 Å². The molecule has 0 saturated carbocycles. The second kappa shape index (κ2) is 12.7. The van der Waals surface area contributed by atoms with Gasteiger partial charge in [-0.2, -0.15) is 26.3 Å². The molecule has 2 heterocycles. The Balaban J connectivity index is 0.000000642. The lowest BCUT2D eigenvalue weighted by Gasteiger charge is -2.28. The van der Waals surface area contributed by atoms with Crippen molar-refractivity contribution in [2.45, 2.75) is 31.6 Å². The van der Waals surface area contributed by atoms with Gasteiger partial charge in [0.2, 0.25) is 11.8 Å². The average molecular weight is 504 g/mol. The molecular formula is C18H22F6N4O6. The fraction of sp³-hybridized carbons (Fsp3) is 0.500. The Morgan fingerprint density at radius 1 is 0.941 bits per heavy atom. The van der Waals surface area contributed by atoms with E-state index in [-0.39, 0.29) is 23.8 Å². The van der Waals surface area contributed by atoms with E-state index in [1.54, 1.807) is 12.4 Å². The van der Waals surface area contributed by atoms with Gasteiger partial charge >= 0.3 is 24.3 Å². The lowest BCUT2D eigenvalue weighted by Crippen LogP contribution is -2.37. The molecule has 192 valence electrons. The first-order valence-corrected chi connectivity index (χ1v) is 9.16. The number of carbonyl (C=O) groups excluding carboxylic acids is 2. The van der Waals surface area contributed by atoms with Crippen LogP contribution >= 0.6 is 0 Å². The van der Waals surface area contributed by atoms with Gasteiger partial charge in [-0.25, -0.2) is 9.59 Å². The molecule has 0 bridgehead atoms. The molecule has 16 heteroatoms. The van der Waals surface area contributed by atoms with Gasteiger partial charge in [0, 0.05) is 25.4 Å². The predicted octanol–water partition coefficient (Wildman–Crippen LogP) is 0.943. The Bertz CT molecular complexity index is 826. The fourth-order valence-electron chi connectivity index (χ4n) is 3.04. The van der Waals surface area contributed by atoms with Crippen molar-refractivity contribution in [3.8, 4) is 0 Å². The van der Waals surface area contributed by atoms with E-state index in [0.717, 1.165) is 24.9 Å². The Kier molecular flexibility index (Phi) is 11.4. The molecule has 34 heavy (non-hydrogen) atoms. The average Bonchev–Trinajstić information content (AvgIpc) is 3.02. The monoisotopic (exact) mass is 504 g/mol. The van der Waals surface area contributed by atoms with E-state index < -0.39 is 24.3 Å². The quantitative estimate of drug-likeness (QED) is 0.414. The van der Waals surface area contributed by atoms with Gasteiger partial charge in [-0.15, -0.1) is 0 Å². The van der Waals surface area contributed by atoms with Crippen LogP contribution in [-0.2, 0) is 25.6 Å². The van der Waals surface area contributed by atoms with Gasteiger partial charge in [0.25, 0.3) is 0 Å². The lowest BCUT2D eigenvalue weighted by molar-refractivity contribution is -0.193. The van der Waals surface area contributed by atoms with E-state index in [9.17, 15) is 35.9 Å². The molecule has 1 aromatic heterocycles. The van der Waals surface area contributed by atoms with Crippen LogP contribution in [0, 0.1) is 5.41 Å². The highest BCUT2D eigenvalue weighted by atomic mass is 19.4. The number of aliphatic carboxylic acids is 2. The molecular weight excluding hydrogens is 482 g/mol. The van der Waals surface area contributed by atoms with Gasteiger partial charge in [0.05, 0.1) is 6.54 Å². The number of carboxylic acids is 2. The zero-order valence-electron chi connectivity index (χ0n) is 17.4. The second-order valence-corrected chi connectivity index (χ2v) is 7.21. The highest BCUT2D eigenvalue weighted by Gasteiger charge is 2.40. The van der Waals surface area contributed by atoms with Crippen molar-refractivity contribution in [2.24, 2.45) is 16.9 Å². The maximum Gasteiger partial charge on any atom is 0.490 e. The molecule has 0 spiro atoms. The number of rotatable bonds is 6. The van der Waals surface area contributed by atoms with Crippen LogP contribution in [0.1, 0.15) is 18.4 Å². The third-order valence-electron chi connectivity index (χ3n) is 4.26. The van der Waals surface area contributed by atoms with E-state index >= 15 is 0 Å². The molecule has 0 aliphatic carbocycles. The number of hydrogen-bond acceptors (Lipinski definition) is 6. The third kappa shape index (κ3) is 12.6. The number of primary amides is 2. The first-order valence-electron chi connectivity index (χ1n) is 9.16. The highest BCUT2D eigenvalue weighted by molar-refractivity contribution is 5.76. The molecule has 1 aliphatic heterocycles. The SMILES string of the molecule is NC(=O)CN1CCC(CC(N)=O)(Cc2ccncc2)C1.O=C(O)C(F)(F)F.O=C(O)C(F)(F)F. The summed E-state index contributed by atoms with van der Waals surface area (Å²) in [4.78, 5) is 46.2. The minimum atomic E-state index is -5.08. The summed E-state index contributed by atoms with van der Waals surface area (Å²) in [7, 11) is 0. The number of halogens is 6. The van der Waals surface area contributed by atoms with Crippen LogP contribution in [-0.4, -0.2) is 75.8 Å². The zero-order valence-corrected chi connectivity index (χ0v) is 17.4. The summed E-state index contributed by atoms with van der Waals surface area (Å²) in [5.74, 6) is -6.16. The van der Waals surface area contributed by atoms with Gasteiger partial charge in [-0.1, -0.05) is 0 Å². The number of amides is 2. The van der Waals surface area contributed by atoms with E-state index in [4.69, 9.17) is 31.3 Å². The van der Waals surface area contributed by atoms with E-state index in [1.165, 1.54) is 0 Å². The fourth-order valence-corrected chi connectivity index (χ4v) is 3.04. The summed E-state index contributed by atoms with van der Waals surface area (Å²) in [6.45, 7) is 1.67. The predicted molar refractivity (Wildman–Crippen MR) is 102 cm³/mol. The van der Waals surface area contributed by atoms with Crippen LogP contribution in [0.4, 0.5) is 26.3 Å². The largest absolute Gasteiger partial charge is 0.490 e. The molecule has 10 nitrogen and oxygen atoms in total. The van der Waals surface area contributed by atoms with Crippen molar-refractivity contribution >= 4 is 23.8 Å². The van der Waals surface area contributed by atoms with Crippen molar-refractivity contribution in [1.82, 2.24) is 9.88 Å². The lowest BCUT2D eigenvalue weighted by atomic mass is 9.78. The number of hydrogen-bond donors (Lipinski definition) is 4. The van der Waals surface area contributed by atoms with E-state index in [0.29, 0.717) is 13.0 Å². The highest BCUT2D eigenvalue weighted by Crippen LogP contribution is 2.37. The molecule has 1 unspecified atom stereocenters. The van der Waals surface area contributed by atoms with Crippen LogP contribution in [0.15, 0.2) is 24.5 Å². The van der Waals surface area contributed by atoms with E-state index in [2.05, 4.69) is 4.98 Å². The number of alkyl halides is 6. The molecule has 1 atom stereocenters. The van der Waals surface area contributed by atoms with Crippen molar-refractivity contribution in [3.05, 3.63) is 30.1 Å². The van der Waals surface area contributed by atoms with Crippen LogP contribution in [0.2, 0.25) is 0 Å². The van der Waals surface area contributed by atoms with Crippen LogP contribution < -0.4 is 11.5 Å². The van der Waals surface area contributed by atoms with Crippen LogP contribution in [0.3, 0.4) is 0 Å². The molecule has 1 fully saturated rings. The molecule has 1 saturated heterocycles. The summed E-state index contributed by atoms with van der Waals surface area (Å²) in [5.41, 5.74) is 11.6. The number of pyridine rings is 1. The molecule has 1 aliphatic rings. The second-order valence-electron chi connectivity index (χ2n) is 7.21. The number of carbonyl (C=O) groups is 4. The van der Waals surface area contributed by atoms with Crippen molar-refractivity contribution < 1.29 is 55.7 Å². The summed E-state index contributed by atoms with van der Waals surface area (Å²) < 4.78 is 63.5. The molecule has 2 amide bonds. The van der Waals surface area contributed by atoms with Crippen molar-refractivity contribution in [1.29, 1.82) is 0 Å². The normalized spacial score (nSPS) is 18.1. The summed E-state index contributed by atoms with van der Waals surface area (Å²) >= 11 is 0. The molecule has 0 radical (unpaired) electrons. The van der Waals surface area contributed by atoms with Crippen LogP contribution in [0.5, 0.6) is 0 Å².